The van der Waals surface area contributed by atoms with E-state index in [1.54, 1.807) is 0 Å². The summed E-state index contributed by atoms with van der Waals surface area (Å²) >= 11 is 2.34. The maximum atomic E-state index is 3.41. The van der Waals surface area contributed by atoms with E-state index in [9.17, 15) is 0 Å². The lowest BCUT2D eigenvalue weighted by molar-refractivity contribution is 0.690. The van der Waals surface area contributed by atoms with Crippen LogP contribution in [0.3, 0.4) is 0 Å². The smallest absolute Gasteiger partial charge is 0.0574 e. The number of hydrogen-bond acceptors (Lipinski definition) is 1. The molecule has 0 amide bonds. The zero-order valence-corrected chi connectivity index (χ0v) is 13.2. The highest BCUT2D eigenvalue weighted by atomic mass is 127. The Bertz CT molecular complexity index is 511. The Hall–Kier alpha value is -0.870. The van der Waals surface area contributed by atoms with E-state index < -0.39 is 0 Å². The number of rotatable bonds is 3. The molecule has 0 aliphatic heterocycles. The second kappa shape index (κ2) is 5.85. The normalized spacial score (nSPS) is 12.4. The van der Waals surface area contributed by atoms with Crippen LogP contribution in [0.2, 0.25) is 0 Å². The average Bonchev–Trinajstić information content (AvgIpc) is 2.31. The summed E-state index contributed by atoms with van der Waals surface area (Å²) in [4.78, 5) is 0. The van der Waals surface area contributed by atoms with Crippen molar-refractivity contribution in [2.24, 2.45) is 0 Å². The highest BCUT2D eigenvalue weighted by Gasteiger charge is 2.12. The van der Waals surface area contributed by atoms with Crippen LogP contribution in [-0.2, 0) is 0 Å². The van der Waals surface area contributed by atoms with Crippen LogP contribution in [0, 0.1) is 17.4 Å². The van der Waals surface area contributed by atoms with E-state index in [1.165, 1.54) is 25.8 Å². The van der Waals surface area contributed by atoms with E-state index in [2.05, 4.69) is 84.2 Å². The first-order valence-corrected chi connectivity index (χ1v) is 7.19. The second-order valence-electron chi connectivity index (χ2n) is 4.69. The predicted octanol–water partition coefficient (Wildman–Crippen LogP) is 4.22. The Kier molecular flexibility index (Phi) is 4.40. The van der Waals surface area contributed by atoms with Gasteiger partial charge >= 0.3 is 0 Å². The molecule has 0 radical (unpaired) electrons. The number of hydrogen-bond donors (Lipinski definition) is 1. The zero-order valence-electron chi connectivity index (χ0n) is 11.0. The molecule has 2 rings (SSSR count). The molecule has 1 unspecified atom stereocenters. The molecule has 2 aromatic rings. The molecule has 0 bridgehead atoms. The van der Waals surface area contributed by atoms with Crippen molar-refractivity contribution in [1.82, 2.24) is 5.32 Å². The van der Waals surface area contributed by atoms with Crippen LogP contribution in [0.25, 0.3) is 0 Å². The predicted molar refractivity (Wildman–Crippen MR) is 86.0 cm³/mol. The number of aryl methyl sites for hydroxylation is 2. The van der Waals surface area contributed by atoms with Gasteiger partial charge in [-0.3, -0.25) is 0 Å². The van der Waals surface area contributed by atoms with Gasteiger partial charge in [0.2, 0.25) is 0 Å². The minimum Gasteiger partial charge on any atom is -0.309 e. The number of benzene rings is 2. The topological polar surface area (TPSA) is 12.0 Å². The summed E-state index contributed by atoms with van der Waals surface area (Å²) in [5, 5.41) is 3.41. The maximum Gasteiger partial charge on any atom is 0.0574 e. The SMILES string of the molecule is CNC(c1ccc(I)cc1)c1cc(C)cc(C)c1. The van der Waals surface area contributed by atoms with E-state index in [-0.39, 0.29) is 6.04 Å². The average molecular weight is 351 g/mol. The van der Waals surface area contributed by atoms with Crippen LogP contribution in [0.4, 0.5) is 0 Å². The first kappa shape index (κ1) is 13.6. The van der Waals surface area contributed by atoms with Crippen molar-refractivity contribution in [2.75, 3.05) is 7.05 Å². The molecule has 1 atom stereocenters. The van der Waals surface area contributed by atoms with Gasteiger partial charge in [-0.15, -0.1) is 0 Å². The van der Waals surface area contributed by atoms with Crippen LogP contribution in [0.1, 0.15) is 28.3 Å². The van der Waals surface area contributed by atoms with Gasteiger partial charge in [-0.2, -0.15) is 0 Å². The lowest BCUT2D eigenvalue weighted by atomic mass is 9.96. The van der Waals surface area contributed by atoms with E-state index in [0.29, 0.717) is 0 Å². The van der Waals surface area contributed by atoms with Crippen LogP contribution < -0.4 is 5.32 Å². The minimum atomic E-state index is 0.264. The summed E-state index contributed by atoms with van der Waals surface area (Å²) in [6.45, 7) is 4.30. The maximum absolute atomic E-state index is 3.41. The van der Waals surface area contributed by atoms with Crippen LogP contribution in [-0.4, -0.2) is 7.05 Å². The van der Waals surface area contributed by atoms with Crippen molar-refractivity contribution in [3.63, 3.8) is 0 Å². The molecule has 1 nitrogen and oxygen atoms in total. The first-order chi connectivity index (χ1) is 8.60. The summed E-state index contributed by atoms with van der Waals surface area (Å²) < 4.78 is 1.27. The van der Waals surface area contributed by atoms with E-state index in [4.69, 9.17) is 0 Å². The molecule has 0 aliphatic carbocycles. The summed E-state index contributed by atoms with van der Waals surface area (Å²) in [5.41, 5.74) is 5.27. The summed E-state index contributed by atoms with van der Waals surface area (Å²) in [6.07, 6.45) is 0. The highest BCUT2D eigenvalue weighted by molar-refractivity contribution is 14.1. The van der Waals surface area contributed by atoms with Crippen molar-refractivity contribution in [3.8, 4) is 0 Å². The van der Waals surface area contributed by atoms with Gasteiger partial charge in [0.15, 0.2) is 0 Å². The largest absolute Gasteiger partial charge is 0.309 e. The molecule has 0 fully saturated rings. The minimum absolute atomic E-state index is 0.264. The Morgan fingerprint density at radius 1 is 0.889 bits per heavy atom. The standard InChI is InChI=1S/C16H18IN/c1-11-8-12(2)10-14(9-11)16(18-3)13-4-6-15(17)7-5-13/h4-10,16,18H,1-3H3. The lowest BCUT2D eigenvalue weighted by Gasteiger charge is -2.18. The van der Waals surface area contributed by atoms with Crippen molar-refractivity contribution in [1.29, 1.82) is 0 Å². The Morgan fingerprint density at radius 2 is 1.44 bits per heavy atom. The molecule has 2 heteroatoms. The molecule has 2 aromatic carbocycles. The Labute approximate surface area is 123 Å². The van der Waals surface area contributed by atoms with Crippen LogP contribution in [0.15, 0.2) is 42.5 Å². The van der Waals surface area contributed by atoms with Gasteiger partial charge in [-0.25, -0.2) is 0 Å². The quantitative estimate of drug-likeness (QED) is 0.817. The van der Waals surface area contributed by atoms with Gasteiger partial charge < -0.3 is 5.32 Å². The summed E-state index contributed by atoms with van der Waals surface area (Å²) in [6, 6.07) is 15.7. The van der Waals surface area contributed by atoms with Crippen molar-refractivity contribution >= 4 is 22.6 Å². The Morgan fingerprint density at radius 3 is 1.94 bits per heavy atom. The molecule has 0 saturated heterocycles. The van der Waals surface area contributed by atoms with Crippen LogP contribution in [0.5, 0.6) is 0 Å². The first-order valence-electron chi connectivity index (χ1n) is 6.11. The molecule has 0 aliphatic rings. The van der Waals surface area contributed by atoms with E-state index >= 15 is 0 Å². The lowest BCUT2D eigenvalue weighted by Crippen LogP contribution is -2.17. The fourth-order valence-corrected chi connectivity index (χ4v) is 2.72. The second-order valence-corrected chi connectivity index (χ2v) is 5.94. The fourth-order valence-electron chi connectivity index (χ4n) is 2.36. The third-order valence-electron chi connectivity index (χ3n) is 3.07. The fraction of sp³-hybridized carbons (Fsp3) is 0.250. The van der Waals surface area contributed by atoms with Gasteiger partial charge in [0.1, 0.15) is 0 Å². The van der Waals surface area contributed by atoms with Gasteiger partial charge in [-0.1, -0.05) is 41.5 Å². The van der Waals surface area contributed by atoms with Gasteiger partial charge in [0.25, 0.3) is 0 Å². The Balaban J connectivity index is 2.41. The van der Waals surface area contributed by atoms with Gasteiger partial charge in [0.05, 0.1) is 6.04 Å². The number of halogens is 1. The van der Waals surface area contributed by atoms with E-state index in [0.717, 1.165) is 0 Å². The molecule has 0 spiro atoms. The summed E-state index contributed by atoms with van der Waals surface area (Å²) in [7, 11) is 2.01. The van der Waals surface area contributed by atoms with E-state index in [1.807, 2.05) is 7.05 Å². The van der Waals surface area contributed by atoms with Crippen molar-refractivity contribution in [2.45, 2.75) is 19.9 Å². The molecule has 94 valence electrons. The summed E-state index contributed by atoms with van der Waals surface area (Å²) in [5.74, 6) is 0. The monoisotopic (exact) mass is 351 g/mol. The molecular formula is C16H18IN. The molecule has 1 N–H and O–H groups in total. The molecule has 0 aromatic heterocycles. The third-order valence-corrected chi connectivity index (χ3v) is 3.79. The zero-order chi connectivity index (χ0) is 13.1. The third kappa shape index (κ3) is 3.12. The molecular weight excluding hydrogens is 333 g/mol. The molecule has 0 saturated carbocycles. The molecule has 0 heterocycles. The van der Waals surface area contributed by atoms with Gasteiger partial charge in [0, 0.05) is 3.57 Å². The van der Waals surface area contributed by atoms with Crippen molar-refractivity contribution in [3.05, 3.63) is 68.3 Å². The number of nitrogens with one attached hydrogen (secondary N) is 1. The van der Waals surface area contributed by atoms with Crippen molar-refractivity contribution < 1.29 is 0 Å². The van der Waals surface area contributed by atoms with Crippen LogP contribution >= 0.6 is 22.6 Å². The highest BCUT2D eigenvalue weighted by Crippen LogP contribution is 2.24. The van der Waals surface area contributed by atoms with Gasteiger partial charge in [-0.05, 0) is 66.7 Å². The molecule has 18 heavy (non-hydrogen) atoms.